The van der Waals surface area contributed by atoms with Crippen LogP contribution in [0.1, 0.15) is 39.6 Å². The highest BCUT2D eigenvalue weighted by Crippen LogP contribution is 2.39. The Kier molecular flexibility index (Phi) is 6.40. The summed E-state index contributed by atoms with van der Waals surface area (Å²) in [5.74, 6) is 1.22. The molecule has 2 aromatic heterocycles. The van der Waals surface area contributed by atoms with Crippen molar-refractivity contribution in [1.29, 1.82) is 0 Å². The van der Waals surface area contributed by atoms with E-state index in [1.165, 1.54) is 35.3 Å². The Morgan fingerprint density at radius 3 is 2.77 bits per heavy atom. The molecule has 1 atom stereocenters. The molecule has 2 aromatic carbocycles. The lowest BCUT2D eigenvalue weighted by atomic mass is 9.87. The van der Waals surface area contributed by atoms with Gasteiger partial charge in [-0.3, -0.25) is 4.79 Å². The fraction of sp³-hybridized carbons (Fsp3) is 0.296. The van der Waals surface area contributed by atoms with Crippen LogP contribution < -0.4 is 15.8 Å². The molecule has 0 unspecified atom stereocenters. The van der Waals surface area contributed by atoms with E-state index >= 15 is 0 Å². The van der Waals surface area contributed by atoms with Gasteiger partial charge in [0.05, 0.1) is 29.2 Å². The molecular weight excluding hydrogens is 458 g/mol. The summed E-state index contributed by atoms with van der Waals surface area (Å²) in [5, 5.41) is 3.34. The Morgan fingerprint density at radius 2 is 2.06 bits per heavy atom. The Morgan fingerprint density at radius 1 is 1.26 bits per heavy atom. The molecule has 0 bridgehead atoms. The van der Waals surface area contributed by atoms with E-state index in [2.05, 4.69) is 41.3 Å². The van der Waals surface area contributed by atoms with E-state index in [0.717, 1.165) is 40.4 Å². The summed E-state index contributed by atoms with van der Waals surface area (Å²) in [4.78, 5) is 24.4. The van der Waals surface area contributed by atoms with Crippen molar-refractivity contribution in [2.45, 2.75) is 25.7 Å². The number of likely N-dealkylation sites (tertiary alicyclic amines) is 1. The van der Waals surface area contributed by atoms with Gasteiger partial charge in [-0.25, -0.2) is 9.97 Å². The van der Waals surface area contributed by atoms with Crippen molar-refractivity contribution in [3.8, 4) is 16.9 Å². The minimum atomic E-state index is -0.470. The molecular formula is C27H29N5O2S. The number of nitrogens with one attached hydrogen (secondary N) is 1. The van der Waals surface area contributed by atoms with Crippen LogP contribution >= 0.6 is 11.3 Å². The molecule has 0 radical (unpaired) electrons. The number of likely N-dealkylation sites (N-methyl/N-ethyl adjacent to an activating group) is 1. The summed E-state index contributed by atoms with van der Waals surface area (Å²) < 4.78 is 6.56. The molecule has 35 heavy (non-hydrogen) atoms. The molecule has 0 spiro atoms. The number of aryl methyl sites for hydroxylation is 1. The fourth-order valence-electron chi connectivity index (χ4n) is 4.95. The summed E-state index contributed by atoms with van der Waals surface area (Å²) in [7, 11) is 3.86. The third-order valence-electron chi connectivity index (χ3n) is 6.62. The monoisotopic (exact) mass is 487 g/mol. The number of carbonyl (C=O) groups is 1. The summed E-state index contributed by atoms with van der Waals surface area (Å²) in [6.45, 7) is 4.35. The van der Waals surface area contributed by atoms with Crippen molar-refractivity contribution >= 4 is 39.1 Å². The zero-order valence-electron chi connectivity index (χ0n) is 20.2. The van der Waals surface area contributed by atoms with Crippen molar-refractivity contribution in [3.05, 3.63) is 64.7 Å². The highest BCUT2D eigenvalue weighted by molar-refractivity contribution is 7.21. The van der Waals surface area contributed by atoms with Crippen molar-refractivity contribution < 1.29 is 9.53 Å². The zero-order chi connectivity index (χ0) is 24.5. The molecule has 1 fully saturated rings. The minimum Gasteiger partial charge on any atom is -0.495 e. The summed E-state index contributed by atoms with van der Waals surface area (Å²) >= 11 is 1.31. The maximum atomic E-state index is 12.2. The second-order valence-corrected chi connectivity index (χ2v) is 10.1. The van der Waals surface area contributed by atoms with Crippen molar-refractivity contribution in [3.63, 3.8) is 0 Å². The highest BCUT2D eigenvalue weighted by Gasteiger charge is 2.23. The summed E-state index contributed by atoms with van der Waals surface area (Å²) in [6.07, 6.45) is 4.12. The number of anilines is 2. The number of rotatable bonds is 6. The number of thiophene rings is 1. The smallest absolute Gasteiger partial charge is 0.259 e. The van der Waals surface area contributed by atoms with E-state index in [4.69, 9.17) is 15.5 Å². The zero-order valence-corrected chi connectivity index (χ0v) is 21.0. The number of benzene rings is 2. The maximum absolute atomic E-state index is 12.2. The lowest BCUT2D eigenvalue weighted by molar-refractivity contribution is 0.100. The van der Waals surface area contributed by atoms with Gasteiger partial charge in [0.1, 0.15) is 10.6 Å². The first kappa shape index (κ1) is 23.3. The van der Waals surface area contributed by atoms with Gasteiger partial charge in [0, 0.05) is 12.1 Å². The highest BCUT2D eigenvalue weighted by atomic mass is 32.1. The van der Waals surface area contributed by atoms with Gasteiger partial charge in [-0.1, -0.05) is 30.3 Å². The first-order valence-corrected chi connectivity index (χ1v) is 12.5. The number of ether oxygens (including phenoxy) is 1. The number of primary amides is 1. The Labute approximate surface area is 209 Å². The average Bonchev–Trinajstić information content (AvgIpc) is 3.24. The van der Waals surface area contributed by atoms with E-state index < -0.39 is 5.91 Å². The molecule has 3 N–H and O–H groups in total. The third-order valence-corrected chi connectivity index (χ3v) is 7.74. The van der Waals surface area contributed by atoms with Crippen LogP contribution in [0.3, 0.4) is 0 Å². The van der Waals surface area contributed by atoms with E-state index in [1.807, 2.05) is 30.3 Å². The summed E-state index contributed by atoms with van der Waals surface area (Å²) in [5.41, 5.74) is 11.4. The molecule has 0 aliphatic carbocycles. The molecule has 3 heterocycles. The van der Waals surface area contributed by atoms with Gasteiger partial charge in [-0.05, 0) is 68.1 Å². The number of methoxy groups -OCH3 is 1. The first-order valence-electron chi connectivity index (χ1n) is 11.7. The van der Waals surface area contributed by atoms with Gasteiger partial charge in [0.15, 0.2) is 0 Å². The number of aromatic nitrogens is 2. The predicted octanol–water partition coefficient (Wildman–Crippen LogP) is 5.33. The number of fused-ring (bicyclic) bond motifs is 1. The molecule has 180 valence electrons. The molecule has 8 heteroatoms. The van der Waals surface area contributed by atoms with Gasteiger partial charge in [0.2, 0.25) is 5.95 Å². The SMILES string of the molecule is COc1cc([C@H]2CCCN(C)C2)c(C)cc1Nc1ncc2sc(C(N)=O)c(-c3ccccc3)c2n1. The van der Waals surface area contributed by atoms with Gasteiger partial charge < -0.3 is 20.7 Å². The van der Waals surface area contributed by atoms with Crippen molar-refractivity contribution in [2.24, 2.45) is 5.73 Å². The van der Waals surface area contributed by atoms with Crippen LogP contribution in [0.2, 0.25) is 0 Å². The van der Waals surface area contributed by atoms with Gasteiger partial charge >= 0.3 is 0 Å². The molecule has 5 rings (SSSR count). The standard InChI is InChI=1S/C27H29N5O2S/c1-16-12-20(21(34-3)13-19(16)18-10-7-11-32(2)15-18)30-27-29-14-22-24(31-27)23(25(35-22)26(28)33)17-8-5-4-6-9-17/h4-6,8-9,12-14,18H,7,10-11,15H2,1-3H3,(H2,28,33)(H,29,30,31)/t18-/m0/s1. The molecule has 0 saturated carbocycles. The van der Waals surface area contributed by atoms with Crippen LogP contribution in [0.4, 0.5) is 11.6 Å². The van der Waals surface area contributed by atoms with Crippen LogP contribution in [0.15, 0.2) is 48.7 Å². The van der Waals surface area contributed by atoms with E-state index in [-0.39, 0.29) is 0 Å². The second-order valence-electron chi connectivity index (χ2n) is 9.08. The van der Waals surface area contributed by atoms with E-state index in [1.54, 1.807) is 13.3 Å². The fourth-order valence-corrected chi connectivity index (χ4v) is 5.94. The number of nitrogens with two attached hydrogens (primary N) is 1. The number of amides is 1. The quantitative estimate of drug-likeness (QED) is 0.382. The third kappa shape index (κ3) is 4.59. The first-order chi connectivity index (χ1) is 16.9. The van der Waals surface area contributed by atoms with Crippen LogP contribution in [0.5, 0.6) is 5.75 Å². The molecule has 7 nitrogen and oxygen atoms in total. The topological polar surface area (TPSA) is 93.4 Å². The van der Waals surface area contributed by atoms with E-state index in [9.17, 15) is 4.79 Å². The van der Waals surface area contributed by atoms with Crippen LogP contribution in [-0.4, -0.2) is 48.0 Å². The number of hydrogen-bond acceptors (Lipinski definition) is 7. The number of hydrogen-bond donors (Lipinski definition) is 2. The largest absolute Gasteiger partial charge is 0.495 e. The average molecular weight is 488 g/mol. The van der Waals surface area contributed by atoms with Crippen LogP contribution in [-0.2, 0) is 0 Å². The molecule has 1 amide bonds. The van der Waals surface area contributed by atoms with Gasteiger partial charge in [0.25, 0.3) is 5.91 Å². The normalized spacial score (nSPS) is 16.4. The Balaban J connectivity index is 1.53. The number of nitrogens with zero attached hydrogens (tertiary/aromatic N) is 3. The molecule has 1 aliphatic heterocycles. The van der Waals surface area contributed by atoms with Crippen LogP contribution in [0.25, 0.3) is 21.3 Å². The lowest BCUT2D eigenvalue weighted by Gasteiger charge is -2.31. The van der Waals surface area contributed by atoms with Crippen molar-refractivity contribution in [1.82, 2.24) is 14.9 Å². The number of carbonyl (C=O) groups excluding carboxylic acids is 1. The second kappa shape index (κ2) is 9.64. The van der Waals surface area contributed by atoms with Crippen LogP contribution in [0, 0.1) is 6.92 Å². The van der Waals surface area contributed by atoms with Crippen molar-refractivity contribution in [2.75, 3.05) is 32.6 Å². The molecule has 1 saturated heterocycles. The Bertz CT molecular complexity index is 1390. The lowest BCUT2D eigenvalue weighted by Crippen LogP contribution is -2.31. The van der Waals surface area contributed by atoms with Gasteiger partial charge in [-0.2, -0.15) is 0 Å². The maximum Gasteiger partial charge on any atom is 0.259 e. The summed E-state index contributed by atoms with van der Waals surface area (Å²) in [6, 6.07) is 14.0. The van der Waals surface area contributed by atoms with Gasteiger partial charge in [-0.15, -0.1) is 11.3 Å². The Hall–Kier alpha value is -3.49. The molecule has 1 aliphatic rings. The number of piperidine rings is 1. The van der Waals surface area contributed by atoms with E-state index in [0.29, 0.717) is 22.3 Å². The molecule has 4 aromatic rings. The predicted molar refractivity (Wildman–Crippen MR) is 142 cm³/mol. The minimum absolute atomic E-state index is 0.436.